The molecule has 0 amide bonds. The number of hydrogen-bond acceptors (Lipinski definition) is 2. The summed E-state index contributed by atoms with van der Waals surface area (Å²) in [6.07, 6.45) is 0. The Bertz CT molecular complexity index is 3590. The van der Waals surface area contributed by atoms with Gasteiger partial charge in [-0.2, -0.15) is 0 Å². The lowest BCUT2D eigenvalue weighted by Gasteiger charge is -2.35. The molecule has 11 aromatic rings. The molecular formula is C63H40N2. The van der Waals surface area contributed by atoms with E-state index in [0.717, 1.165) is 33.6 Å². The van der Waals surface area contributed by atoms with Crippen LogP contribution >= 0.6 is 0 Å². The summed E-state index contributed by atoms with van der Waals surface area (Å²) < 4.78 is 0. The van der Waals surface area contributed by atoms with Gasteiger partial charge < -0.3 is 0 Å². The van der Waals surface area contributed by atoms with Gasteiger partial charge in [0.25, 0.3) is 0 Å². The van der Waals surface area contributed by atoms with Crippen molar-refractivity contribution >= 4 is 10.8 Å². The van der Waals surface area contributed by atoms with Crippen LogP contribution in [-0.2, 0) is 5.41 Å². The molecule has 13 rings (SSSR count). The van der Waals surface area contributed by atoms with Crippen molar-refractivity contribution in [2.45, 2.75) is 5.41 Å². The highest BCUT2D eigenvalue weighted by Crippen LogP contribution is 2.61. The lowest BCUT2D eigenvalue weighted by Crippen LogP contribution is -2.29. The van der Waals surface area contributed by atoms with Gasteiger partial charge in [-0.15, -0.1) is 0 Å². The zero-order chi connectivity index (χ0) is 42.9. The molecular weight excluding hydrogens is 785 g/mol. The fourth-order valence-corrected chi connectivity index (χ4v) is 10.8. The van der Waals surface area contributed by atoms with Crippen LogP contribution in [0.3, 0.4) is 0 Å². The van der Waals surface area contributed by atoms with E-state index < -0.39 is 5.41 Å². The minimum atomic E-state index is -0.586. The normalized spacial score (nSPS) is 12.7. The molecule has 0 atom stereocenters. The van der Waals surface area contributed by atoms with Crippen LogP contribution in [0.2, 0.25) is 0 Å². The van der Waals surface area contributed by atoms with Gasteiger partial charge in [0.2, 0.25) is 0 Å². The van der Waals surface area contributed by atoms with E-state index in [2.05, 4.69) is 243 Å². The second-order valence-corrected chi connectivity index (χ2v) is 17.2. The van der Waals surface area contributed by atoms with Crippen molar-refractivity contribution in [1.82, 2.24) is 9.97 Å². The van der Waals surface area contributed by atoms with Crippen LogP contribution in [0.5, 0.6) is 0 Å². The number of benzene rings is 10. The highest BCUT2D eigenvalue weighted by molar-refractivity contribution is 5.99. The van der Waals surface area contributed by atoms with Gasteiger partial charge in [0.1, 0.15) is 0 Å². The zero-order valence-corrected chi connectivity index (χ0v) is 35.5. The second-order valence-electron chi connectivity index (χ2n) is 17.2. The predicted molar refractivity (Wildman–Crippen MR) is 268 cm³/mol. The molecule has 65 heavy (non-hydrogen) atoms. The van der Waals surface area contributed by atoms with Gasteiger partial charge >= 0.3 is 0 Å². The fourth-order valence-electron chi connectivity index (χ4n) is 10.8. The van der Waals surface area contributed by atoms with E-state index in [0.29, 0.717) is 5.82 Å². The van der Waals surface area contributed by atoms with Gasteiger partial charge in [0.15, 0.2) is 5.82 Å². The van der Waals surface area contributed by atoms with Crippen LogP contribution in [0.15, 0.2) is 243 Å². The van der Waals surface area contributed by atoms with E-state index in [1.807, 2.05) is 0 Å². The molecule has 0 unspecified atom stereocenters. The Balaban J connectivity index is 1.04. The van der Waals surface area contributed by atoms with E-state index in [-0.39, 0.29) is 0 Å². The first-order valence-electron chi connectivity index (χ1n) is 22.4. The third-order valence-electron chi connectivity index (χ3n) is 13.8. The van der Waals surface area contributed by atoms with Gasteiger partial charge in [0.05, 0.1) is 16.8 Å². The molecule has 1 heterocycles. The van der Waals surface area contributed by atoms with Gasteiger partial charge in [-0.25, -0.2) is 9.97 Å². The quantitative estimate of drug-likeness (QED) is 0.173. The van der Waals surface area contributed by atoms with Crippen molar-refractivity contribution in [3.8, 4) is 89.5 Å². The van der Waals surface area contributed by atoms with Crippen LogP contribution in [-0.4, -0.2) is 9.97 Å². The van der Waals surface area contributed by atoms with Crippen molar-refractivity contribution in [3.63, 3.8) is 0 Å². The number of hydrogen-bond donors (Lipinski definition) is 0. The molecule has 0 aliphatic heterocycles. The summed E-state index contributed by atoms with van der Waals surface area (Å²) in [6, 6.07) is 88.4. The highest BCUT2D eigenvalue weighted by Gasteiger charge is 2.49. The average molecular weight is 825 g/mol. The second kappa shape index (κ2) is 14.8. The largest absolute Gasteiger partial charge is 0.228 e. The van der Waals surface area contributed by atoms with E-state index in [9.17, 15) is 0 Å². The zero-order valence-electron chi connectivity index (χ0n) is 35.5. The van der Waals surface area contributed by atoms with Gasteiger partial charge in [0, 0.05) is 16.7 Å². The Kier molecular flexibility index (Phi) is 8.47. The smallest absolute Gasteiger partial charge is 0.160 e. The molecule has 2 heteroatoms. The Morgan fingerprint density at radius 3 is 1.34 bits per heavy atom. The molecule has 1 aromatic heterocycles. The summed E-state index contributed by atoms with van der Waals surface area (Å²) in [5.41, 5.74) is 21.6. The SMILES string of the molecule is c1ccc(-c2ccc(-c3nc(-c4ccc(-c5cccc6ccccc56)cc4)cc(-c4ccc5c(c4)C4(c6ccccc6-c6ccccc6-5)c5ccccc5-c5ccccc54)n3)cc2)cc1. The topological polar surface area (TPSA) is 25.8 Å². The summed E-state index contributed by atoms with van der Waals surface area (Å²) in [5, 5.41) is 2.48. The summed E-state index contributed by atoms with van der Waals surface area (Å²) in [4.78, 5) is 10.8. The predicted octanol–water partition coefficient (Wildman–Crippen LogP) is 16.0. The molecule has 0 saturated carbocycles. The van der Waals surface area contributed by atoms with Crippen molar-refractivity contribution in [3.05, 3.63) is 265 Å². The van der Waals surface area contributed by atoms with Crippen molar-refractivity contribution in [2.75, 3.05) is 0 Å². The highest BCUT2D eigenvalue weighted by atomic mass is 14.9. The summed E-state index contributed by atoms with van der Waals surface area (Å²) >= 11 is 0. The molecule has 0 saturated heterocycles. The molecule has 2 nitrogen and oxygen atoms in total. The van der Waals surface area contributed by atoms with Crippen LogP contribution in [0.25, 0.3) is 100 Å². The molecule has 10 aromatic carbocycles. The molecule has 2 aliphatic carbocycles. The summed E-state index contributed by atoms with van der Waals surface area (Å²) in [6.45, 7) is 0. The van der Waals surface area contributed by atoms with Gasteiger partial charge in [-0.1, -0.05) is 231 Å². The summed E-state index contributed by atoms with van der Waals surface area (Å²) in [7, 11) is 0. The monoisotopic (exact) mass is 824 g/mol. The molecule has 0 radical (unpaired) electrons. The number of fused-ring (bicyclic) bond motifs is 13. The summed E-state index contributed by atoms with van der Waals surface area (Å²) in [5.74, 6) is 0.687. The third kappa shape index (κ3) is 5.81. The van der Waals surface area contributed by atoms with Crippen LogP contribution in [0, 0.1) is 0 Å². The van der Waals surface area contributed by atoms with E-state index in [1.165, 1.54) is 83.1 Å². The van der Waals surface area contributed by atoms with E-state index >= 15 is 0 Å². The Morgan fingerprint density at radius 1 is 0.246 bits per heavy atom. The molecule has 1 spiro atoms. The minimum absolute atomic E-state index is 0.586. The van der Waals surface area contributed by atoms with Crippen LogP contribution in [0.4, 0.5) is 0 Å². The third-order valence-corrected chi connectivity index (χ3v) is 13.8. The number of nitrogens with zero attached hydrogens (tertiary/aromatic N) is 2. The molecule has 0 N–H and O–H groups in total. The maximum absolute atomic E-state index is 5.45. The van der Waals surface area contributed by atoms with Crippen molar-refractivity contribution in [2.24, 2.45) is 0 Å². The Labute approximate surface area is 378 Å². The van der Waals surface area contributed by atoms with E-state index in [1.54, 1.807) is 0 Å². The van der Waals surface area contributed by atoms with Gasteiger partial charge in [-0.3, -0.25) is 0 Å². The number of aromatic nitrogens is 2. The first-order chi connectivity index (χ1) is 32.2. The maximum atomic E-state index is 5.45. The minimum Gasteiger partial charge on any atom is -0.228 e. The van der Waals surface area contributed by atoms with Crippen LogP contribution in [0.1, 0.15) is 22.3 Å². The van der Waals surface area contributed by atoms with Crippen molar-refractivity contribution < 1.29 is 0 Å². The molecule has 0 bridgehead atoms. The van der Waals surface area contributed by atoms with Gasteiger partial charge in [-0.05, 0) is 101 Å². The molecule has 2 aliphatic rings. The lowest BCUT2D eigenvalue weighted by atomic mass is 9.65. The number of rotatable bonds is 5. The fraction of sp³-hybridized carbons (Fsp3) is 0.0159. The molecule has 0 fully saturated rings. The van der Waals surface area contributed by atoms with Crippen molar-refractivity contribution in [1.29, 1.82) is 0 Å². The Hall–Kier alpha value is -8.46. The Morgan fingerprint density at radius 2 is 0.677 bits per heavy atom. The first-order valence-corrected chi connectivity index (χ1v) is 22.4. The molecule has 302 valence electrons. The average Bonchev–Trinajstić information content (AvgIpc) is 3.63. The maximum Gasteiger partial charge on any atom is 0.160 e. The lowest BCUT2D eigenvalue weighted by molar-refractivity contribution is 0.775. The first kappa shape index (κ1) is 37.1. The van der Waals surface area contributed by atoms with Crippen LogP contribution < -0.4 is 0 Å². The van der Waals surface area contributed by atoms with E-state index in [4.69, 9.17) is 9.97 Å². The standard InChI is InChI=1S/C63H40N2/c1-2-15-41(16-3-1)42-29-35-46(36-30-42)62-64-60(45-33-31-44(32-34-45)49-25-14-18-43-17-4-5-19-48(43)49)40-61(65-62)47-37-38-55-51-21-7-6-20-50(51)52-22-8-11-26-56(52)63(59(55)39-47)57-27-12-9-23-53(57)54-24-10-13-28-58(54)63/h1-40H.